The summed E-state index contributed by atoms with van der Waals surface area (Å²) in [5.41, 5.74) is 0. The number of carboxylic acid groups (broad SMARTS) is 1. The zero-order chi connectivity index (χ0) is 10.3. The zero-order valence-electron chi connectivity index (χ0n) is 8.19. The van der Waals surface area contributed by atoms with Crippen LogP contribution in [0.15, 0.2) is 0 Å². The van der Waals surface area contributed by atoms with Gasteiger partial charge in [0, 0.05) is 13.5 Å². The van der Waals surface area contributed by atoms with E-state index in [9.17, 15) is 9.59 Å². The van der Waals surface area contributed by atoms with Crippen molar-refractivity contribution in [1.29, 1.82) is 0 Å². The fraction of sp³-hybridized carbons (Fsp3) is 0.800. The Morgan fingerprint density at radius 3 is 2.43 bits per heavy atom. The Labute approximate surface area is 82.7 Å². The molecule has 0 bridgehead atoms. The molecule has 78 valence electrons. The molecule has 2 saturated carbocycles. The quantitative estimate of drug-likeness (QED) is 0.691. The molecule has 2 fully saturated rings. The summed E-state index contributed by atoms with van der Waals surface area (Å²) in [6.45, 7) is 2.00. The second kappa shape index (κ2) is 3.26. The molecule has 0 unspecified atom stereocenters. The van der Waals surface area contributed by atoms with Crippen LogP contribution < -0.4 is 5.32 Å². The molecule has 0 aromatic carbocycles. The first kappa shape index (κ1) is 9.49. The van der Waals surface area contributed by atoms with E-state index in [0.29, 0.717) is 18.4 Å². The van der Waals surface area contributed by atoms with Crippen molar-refractivity contribution in [2.24, 2.45) is 23.7 Å². The monoisotopic (exact) mass is 197 g/mol. The van der Waals surface area contributed by atoms with Gasteiger partial charge in [-0.05, 0) is 30.6 Å². The van der Waals surface area contributed by atoms with Crippen LogP contribution in [0.5, 0.6) is 0 Å². The van der Waals surface area contributed by atoms with E-state index in [-0.39, 0.29) is 17.7 Å². The minimum absolute atomic E-state index is 0.0723. The molecule has 0 radical (unpaired) electrons. The molecule has 4 heteroatoms. The van der Waals surface area contributed by atoms with Gasteiger partial charge in [0.25, 0.3) is 0 Å². The van der Waals surface area contributed by atoms with Crippen LogP contribution in [0.25, 0.3) is 0 Å². The number of carboxylic acids is 1. The third kappa shape index (κ3) is 1.29. The largest absolute Gasteiger partial charge is 0.481 e. The van der Waals surface area contributed by atoms with Crippen LogP contribution in [0.3, 0.4) is 0 Å². The third-order valence-corrected chi connectivity index (χ3v) is 3.73. The van der Waals surface area contributed by atoms with Gasteiger partial charge in [-0.1, -0.05) is 0 Å². The molecule has 2 aliphatic carbocycles. The summed E-state index contributed by atoms with van der Waals surface area (Å²) in [7, 11) is 0. The summed E-state index contributed by atoms with van der Waals surface area (Å²) in [6, 6.07) is 0. The molecule has 4 nitrogen and oxygen atoms in total. The van der Waals surface area contributed by atoms with E-state index in [4.69, 9.17) is 5.11 Å². The Bertz CT molecular complexity index is 277. The molecule has 0 spiro atoms. The van der Waals surface area contributed by atoms with Gasteiger partial charge in [-0.25, -0.2) is 0 Å². The number of aliphatic carboxylic acids is 1. The second-order valence-corrected chi connectivity index (χ2v) is 4.37. The highest BCUT2D eigenvalue weighted by Gasteiger charge is 2.58. The lowest BCUT2D eigenvalue weighted by Crippen LogP contribution is -2.59. The molecule has 0 heterocycles. The average Bonchev–Trinajstić information content (AvgIpc) is 2.04. The van der Waals surface area contributed by atoms with E-state index in [2.05, 4.69) is 5.32 Å². The van der Waals surface area contributed by atoms with E-state index in [1.165, 1.54) is 6.92 Å². The summed E-state index contributed by atoms with van der Waals surface area (Å²) in [4.78, 5) is 21.6. The third-order valence-electron chi connectivity index (χ3n) is 3.73. The Balaban J connectivity index is 1.90. The SMILES string of the molecule is CC(=O)NC[C@H]1[C@@H]2CC[C@@H]2[C@H]1C(=O)O. The van der Waals surface area contributed by atoms with Crippen molar-refractivity contribution >= 4 is 11.9 Å². The molecule has 0 aromatic rings. The lowest BCUT2D eigenvalue weighted by molar-refractivity contribution is -0.172. The highest BCUT2D eigenvalue weighted by atomic mass is 16.4. The van der Waals surface area contributed by atoms with Gasteiger partial charge in [0.2, 0.25) is 5.91 Å². The van der Waals surface area contributed by atoms with Gasteiger partial charge in [0.1, 0.15) is 0 Å². The van der Waals surface area contributed by atoms with Crippen LogP contribution in [0.4, 0.5) is 0 Å². The van der Waals surface area contributed by atoms with Gasteiger partial charge in [0.05, 0.1) is 5.92 Å². The van der Waals surface area contributed by atoms with Crippen LogP contribution >= 0.6 is 0 Å². The standard InChI is InChI=1S/C10H15NO3/c1-5(12)11-4-8-6-2-3-7(6)9(8)10(13)14/h6-9H,2-4H2,1H3,(H,11,12)(H,13,14)/t6-,7+,8+,9-/m1/s1. The zero-order valence-corrected chi connectivity index (χ0v) is 8.19. The molecule has 2 rings (SSSR count). The van der Waals surface area contributed by atoms with Crippen molar-refractivity contribution in [2.75, 3.05) is 6.54 Å². The first-order valence-corrected chi connectivity index (χ1v) is 5.08. The highest BCUT2D eigenvalue weighted by Crippen LogP contribution is 2.58. The van der Waals surface area contributed by atoms with Gasteiger partial charge in [0.15, 0.2) is 0 Å². The van der Waals surface area contributed by atoms with Crippen molar-refractivity contribution in [3.63, 3.8) is 0 Å². The highest BCUT2D eigenvalue weighted by molar-refractivity contribution is 5.74. The molecule has 0 aromatic heterocycles. The maximum absolute atomic E-state index is 10.9. The van der Waals surface area contributed by atoms with Gasteiger partial charge >= 0.3 is 5.97 Å². The molecule has 2 N–H and O–H groups in total. The molecule has 0 saturated heterocycles. The fourth-order valence-electron chi connectivity index (χ4n) is 2.87. The molecular weight excluding hydrogens is 182 g/mol. The predicted molar refractivity (Wildman–Crippen MR) is 49.5 cm³/mol. The van der Waals surface area contributed by atoms with Crippen LogP contribution in [0, 0.1) is 23.7 Å². The maximum atomic E-state index is 10.9. The van der Waals surface area contributed by atoms with E-state index >= 15 is 0 Å². The molecule has 2 aliphatic rings. The van der Waals surface area contributed by atoms with E-state index < -0.39 is 5.97 Å². The smallest absolute Gasteiger partial charge is 0.307 e. The minimum atomic E-state index is -0.693. The van der Waals surface area contributed by atoms with E-state index in [1.54, 1.807) is 0 Å². The Kier molecular flexibility index (Phi) is 2.21. The number of carbonyl (C=O) groups is 2. The minimum Gasteiger partial charge on any atom is -0.481 e. The van der Waals surface area contributed by atoms with Crippen LogP contribution in [0.2, 0.25) is 0 Å². The average molecular weight is 197 g/mol. The van der Waals surface area contributed by atoms with Crippen molar-refractivity contribution in [2.45, 2.75) is 19.8 Å². The van der Waals surface area contributed by atoms with Crippen LogP contribution in [-0.4, -0.2) is 23.5 Å². The number of fused-ring (bicyclic) bond motifs is 1. The summed E-state index contributed by atoms with van der Waals surface area (Å²) < 4.78 is 0. The molecule has 14 heavy (non-hydrogen) atoms. The first-order chi connectivity index (χ1) is 6.61. The Hall–Kier alpha value is -1.06. The fourth-order valence-corrected chi connectivity index (χ4v) is 2.87. The second-order valence-electron chi connectivity index (χ2n) is 4.37. The predicted octanol–water partition coefficient (Wildman–Crippen LogP) is 0.479. The van der Waals surface area contributed by atoms with Crippen molar-refractivity contribution in [3.05, 3.63) is 0 Å². The normalized spacial score (nSPS) is 38.9. The number of carbonyl (C=O) groups excluding carboxylic acids is 1. The molecular formula is C10H15NO3. The lowest BCUT2D eigenvalue weighted by Gasteiger charge is -2.57. The number of hydrogen-bond donors (Lipinski definition) is 2. The Morgan fingerprint density at radius 2 is 2.00 bits per heavy atom. The summed E-state index contributed by atoms with van der Waals surface area (Å²) in [6.07, 6.45) is 2.19. The van der Waals surface area contributed by atoms with Gasteiger partial charge in [-0.15, -0.1) is 0 Å². The molecule has 0 aliphatic heterocycles. The summed E-state index contributed by atoms with van der Waals surface area (Å²) in [5.74, 6) is 0.156. The maximum Gasteiger partial charge on any atom is 0.307 e. The van der Waals surface area contributed by atoms with Crippen molar-refractivity contribution < 1.29 is 14.7 Å². The molecule has 4 atom stereocenters. The number of nitrogens with one attached hydrogen (secondary N) is 1. The number of amides is 1. The van der Waals surface area contributed by atoms with E-state index in [1.807, 2.05) is 0 Å². The van der Waals surface area contributed by atoms with Gasteiger partial charge in [-0.3, -0.25) is 9.59 Å². The van der Waals surface area contributed by atoms with Crippen LogP contribution in [0.1, 0.15) is 19.8 Å². The topological polar surface area (TPSA) is 66.4 Å². The number of hydrogen-bond acceptors (Lipinski definition) is 2. The molecule has 1 amide bonds. The van der Waals surface area contributed by atoms with E-state index in [0.717, 1.165) is 12.8 Å². The van der Waals surface area contributed by atoms with Gasteiger partial charge < -0.3 is 10.4 Å². The number of rotatable bonds is 3. The summed E-state index contributed by atoms with van der Waals surface area (Å²) >= 11 is 0. The lowest BCUT2D eigenvalue weighted by atomic mass is 9.47. The van der Waals surface area contributed by atoms with Crippen molar-refractivity contribution in [1.82, 2.24) is 5.32 Å². The van der Waals surface area contributed by atoms with Crippen LogP contribution in [-0.2, 0) is 9.59 Å². The summed E-state index contributed by atoms with van der Waals surface area (Å²) in [5, 5.41) is 11.7. The van der Waals surface area contributed by atoms with Gasteiger partial charge in [-0.2, -0.15) is 0 Å². The first-order valence-electron chi connectivity index (χ1n) is 5.08. The van der Waals surface area contributed by atoms with Crippen molar-refractivity contribution in [3.8, 4) is 0 Å². The Morgan fingerprint density at radius 1 is 1.36 bits per heavy atom.